The van der Waals surface area contributed by atoms with Crippen molar-refractivity contribution >= 4 is 0 Å². The van der Waals surface area contributed by atoms with Crippen LogP contribution in [-0.2, 0) is 4.74 Å². The number of hydrazine groups is 2. The van der Waals surface area contributed by atoms with Crippen LogP contribution in [0.5, 0.6) is 0 Å². The molecule has 0 aromatic rings. The van der Waals surface area contributed by atoms with Gasteiger partial charge < -0.3 is 10.1 Å². The molecule has 3 aliphatic rings. The summed E-state index contributed by atoms with van der Waals surface area (Å²) in [6, 6.07) is 0. The molecule has 0 amide bonds. The zero-order valence-electron chi connectivity index (χ0n) is 6.86. The van der Waals surface area contributed by atoms with Gasteiger partial charge in [-0.3, -0.25) is 10.0 Å². The molecule has 5 nitrogen and oxygen atoms in total. The SMILES string of the molecule is C1=C2CNCCN2N2COCN12. The van der Waals surface area contributed by atoms with Gasteiger partial charge >= 0.3 is 0 Å². The van der Waals surface area contributed by atoms with Crippen LogP contribution in [0.1, 0.15) is 0 Å². The van der Waals surface area contributed by atoms with Crippen molar-refractivity contribution in [1.29, 1.82) is 0 Å². The molecule has 3 rings (SSSR count). The third-order valence-corrected chi connectivity index (χ3v) is 2.44. The van der Waals surface area contributed by atoms with Gasteiger partial charge in [-0.2, -0.15) is 0 Å². The number of rotatable bonds is 0. The van der Waals surface area contributed by atoms with Gasteiger partial charge in [0, 0.05) is 25.8 Å². The highest BCUT2D eigenvalue weighted by Crippen LogP contribution is 2.25. The van der Waals surface area contributed by atoms with Gasteiger partial charge in [-0.15, -0.1) is 5.12 Å². The lowest BCUT2D eigenvalue weighted by Crippen LogP contribution is -2.48. The molecule has 1 N–H and O–H groups in total. The standard InChI is InChI=1S/C7H12N4O/c1-2-10-7(3-8-1)4-9-5-12-6-11(9)10/h4,8H,1-3,5-6H2. The van der Waals surface area contributed by atoms with Crippen molar-refractivity contribution in [2.24, 2.45) is 0 Å². The number of nitrogens with zero attached hydrogens (tertiary/aromatic N) is 3. The third kappa shape index (κ3) is 0.782. The number of ether oxygens (including phenoxy) is 1. The first-order valence-electron chi connectivity index (χ1n) is 4.26. The fourth-order valence-corrected chi connectivity index (χ4v) is 1.85. The molecule has 3 heterocycles. The van der Waals surface area contributed by atoms with Crippen molar-refractivity contribution in [3.63, 3.8) is 0 Å². The lowest BCUT2D eigenvalue weighted by molar-refractivity contribution is -0.0884. The first kappa shape index (κ1) is 6.71. The summed E-state index contributed by atoms with van der Waals surface area (Å²) in [6.45, 7) is 4.47. The van der Waals surface area contributed by atoms with Crippen molar-refractivity contribution in [1.82, 2.24) is 20.5 Å². The minimum Gasteiger partial charge on any atom is -0.341 e. The molecule has 0 aromatic carbocycles. The summed E-state index contributed by atoms with van der Waals surface area (Å²) in [5.41, 5.74) is 1.35. The molecule has 0 aromatic heterocycles. The Hall–Kier alpha value is -0.780. The van der Waals surface area contributed by atoms with Crippen molar-refractivity contribution < 1.29 is 4.74 Å². The van der Waals surface area contributed by atoms with Crippen LogP contribution in [0.4, 0.5) is 0 Å². The molecule has 0 spiro atoms. The van der Waals surface area contributed by atoms with E-state index in [0.29, 0.717) is 13.5 Å². The van der Waals surface area contributed by atoms with Gasteiger partial charge in [-0.25, -0.2) is 0 Å². The Morgan fingerprint density at radius 3 is 3.42 bits per heavy atom. The third-order valence-electron chi connectivity index (χ3n) is 2.44. The molecule has 2 fully saturated rings. The molecule has 3 aliphatic heterocycles. The number of fused-ring (bicyclic) bond motifs is 3. The van der Waals surface area contributed by atoms with Crippen LogP contribution in [0, 0.1) is 0 Å². The summed E-state index contributed by atoms with van der Waals surface area (Å²) >= 11 is 0. The average Bonchev–Trinajstić information content (AvgIpc) is 2.62. The van der Waals surface area contributed by atoms with Crippen molar-refractivity contribution in [2.75, 3.05) is 33.1 Å². The minimum absolute atomic E-state index is 0.694. The quantitative estimate of drug-likeness (QED) is 0.508. The van der Waals surface area contributed by atoms with E-state index >= 15 is 0 Å². The Morgan fingerprint density at radius 1 is 1.42 bits per heavy atom. The molecular formula is C7H12N4O. The smallest absolute Gasteiger partial charge is 0.139 e. The van der Waals surface area contributed by atoms with Crippen molar-refractivity contribution in [3.05, 3.63) is 11.9 Å². The number of piperazine rings is 1. The van der Waals surface area contributed by atoms with Crippen LogP contribution in [0.15, 0.2) is 11.9 Å². The summed E-state index contributed by atoms with van der Waals surface area (Å²) < 4.78 is 5.31. The zero-order valence-corrected chi connectivity index (χ0v) is 6.86. The van der Waals surface area contributed by atoms with Crippen LogP contribution in [-0.4, -0.2) is 48.2 Å². The highest BCUT2D eigenvalue weighted by atomic mass is 16.5. The van der Waals surface area contributed by atoms with E-state index < -0.39 is 0 Å². The summed E-state index contributed by atoms with van der Waals surface area (Å²) in [5, 5.41) is 9.89. The predicted octanol–water partition coefficient (Wildman–Crippen LogP) is -0.874. The van der Waals surface area contributed by atoms with Gasteiger partial charge in [0.05, 0.1) is 5.70 Å². The second-order valence-electron chi connectivity index (χ2n) is 3.19. The van der Waals surface area contributed by atoms with Crippen LogP contribution in [0.25, 0.3) is 0 Å². The van der Waals surface area contributed by atoms with Gasteiger partial charge in [0.1, 0.15) is 13.5 Å². The molecule has 2 saturated heterocycles. The van der Waals surface area contributed by atoms with Crippen LogP contribution >= 0.6 is 0 Å². The van der Waals surface area contributed by atoms with E-state index in [1.54, 1.807) is 0 Å². The minimum atomic E-state index is 0.694. The van der Waals surface area contributed by atoms with E-state index in [9.17, 15) is 0 Å². The first-order valence-corrected chi connectivity index (χ1v) is 4.26. The average molecular weight is 168 g/mol. The molecule has 0 radical (unpaired) electrons. The fourth-order valence-electron chi connectivity index (χ4n) is 1.85. The lowest BCUT2D eigenvalue weighted by Gasteiger charge is -2.33. The Bertz CT molecular complexity index is 229. The molecule has 12 heavy (non-hydrogen) atoms. The predicted molar refractivity (Wildman–Crippen MR) is 42.2 cm³/mol. The van der Waals surface area contributed by atoms with E-state index in [0.717, 1.165) is 19.6 Å². The summed E-state index contributed by atoms with van der Waals surface area (Å²) in [7, 11) is 0. The molecule has 0 aliphatic carbocycles. The second kappa shape index (κ2) is 2.35. The molecule has 0 unspecified atom stereocenters. The molecule has 0 bridgehead atoms. The van der Waals surface area contributed by atoms with E-state index in [2.05, 4.69) is 26.7 Å². The van der Waals surface area contributed by atoms with E-state index in [1.165, 1.54) is 5.70 Å². The van der Waals surface area contributed by atoms with Crippen LogP contribution in [0.2, 0.25) is 0 Å². The zero-order chi connectivity index (χ0) is 7.97. The Kier molecular flexibility index (Phi) is 1.31. The second-order valence-corrected chi connectivity index (χ2v) is 3.19. The maximum atomic E-state index is 5.31. The van der Waals surface area contributed by atoms with Crippen LogP contribution in [0.3, 0.4) is 0 Å². The lowest BCUT2D eigenvalue weighted by atomic mass is 10.3. The topological polar surface area (TPSA) is 31.0 Å². The summed E-state index contributed by atoms with van der Waals surface area (Å²) in [5.74, 6) is 0. The van der Waals surface area contributed by atoms with Gasteiger partial charge in [0.25, 0.3) is 0 Å². The van der Waals surface area contributed by atoms with Crippen LogP contribution < -0.4 is 5.32 Å². The molecule has 5 heteroatoms. The van der Waals surface area contributed by atoms with E-state index in [-0.39, 0.29) is 0 Å². The van der Waals surface area contributed by atoms with Crippen molar-refractivity contribution in [3.8, 4) is 0 Å². The largest absolute Gasteiger partial charge is 0.341 e. The fraction of sp³-hybridized carbons (Fsp3) is 0.714. The first-order chi connectivity index (χ1) is 5.95. The Balaban J connectivity index is 1.87. The number of nitrogens with one attached hydrogen (secondary N) is 1. The van der Waals surface area contributed by atoms with Gasteiger partial charge in [-0.05, 0) is 0 Å². The number of hydrogen-bond donors (Lipinski definition) is 1. The maximum absolute atomic E-state index is 5.31. The Labute approximate surface area is 71.1 Å². The summed E-state index contributed by atoms with van der Waals surface area (Å²) in [6.07, 6.45) is 2.15. The molecule has 0 saturated carbocycles. The van der Waals surface area contributed by atoms with Gasteiger partial charge in [-0.1, -0.05) is 0 Å². The molecular weight excluding hydrogens is 156 g/mol. The highest BCUT2D eigenvalue weighted by molar-refractivity contribution is 5.08. The maximum Gasteiger partial charge on any atom is 0.139 e. The number of hydrogen-bond acceptors (Lipinski definition) is 5. The van der Waals surface area contributed by atoms with Gasteiger partial charge in [0.15, 0.2) is 0 Å². The van der Waals surface area contributed by atoms with E-state index in [4.69, 9.17) is 4.74 Å². The summed E-state index contributed by atoms with van der Waals surface area (Å²) in [4.78, 5) is 0. The van der Waals surface area contributed by atoms with E-state index in [1.807, 2.05) is 0 Å². The monoisotopic (exact) mass is 168 g/mol. The van der Waals surface area contributed by atoms with Gasteiger partial charge in [0.2, 0.25) is 0 Å². The van der Waals surface area contributed by atoms with Crippen molar-refractivity contribution in [2.45, 2.75) is 0 Å². The molecule has 0 atom stereocenters. The Morgan fingerprint density at radius 2 is 2.42 bits per heavy atom. The highest BCUT2D eigenvalue weighted by Gasteiger charge is 2.34. The normalized spacial score (nSPS) is 28.8. The molecule has 66 valence electrons.